The second kappa shape index (κ2) is 17.1. The Kier molecular flexibility index (Phi) is 12.2. The van der Waals surface area contributed by atoms with E-state index in [4.69, 9.17) is 9.47 Å². The van der Waals surface area contributed by atoms with Crippen LogP contribution in [0.3, 0.4) is 0 Å². The second-order valence-corrected chi connectivity index (χ2v) is 12.4. The van der Waals surface area contributed by atoms with Crippen molar-refractivity contribution < 1.29 is 29.0 Å². The fourth-order valence-corrected chi connectivity index (χ4v) is 5.59. The Morgan fingerprint density at radius 1 is 0.653 bits per heavy atom. The van der Waals surface area contributed by atoms with E-state index >= 15 is 0 Å². The molecule has 49 heavy (non-hydrogen) atoms. The third kappa shape index (κ3) is 10.0. The Labute approximate surface area is 287 Å². The first-order valence-electron chi connectivity index (χ1n) is 16.5. The van der Waals surface area contributed by atoms with Gasteiger partial charge in [-0.25, -0.2) is 14.4 Å². The van der Waals surface area contributed by atoms with Gasteiger partial charge in [-0.1, -0.05) is 141 Å². The first-order valence-corrected chi connectivity index (χ1v) is 16.5. The zero-order valence-electron chi connectivity index (χ0n) is 27.8. The maximum atomic E-state index is 13.7. The molecule has 2 atom stereocenters. The fourth-order valence-electron chi connectivity index (χ4n) is 5.59. The van der Waals surface area contributed by atoms with Crippen LogP contribution >= 0.6 is 0 Å². The van der Waals surface area contributed by atoms with Gasteiger partial charge in [0.2, 0.25) is 0 Å². The van der Waals surface area contributed by atoms with E-state index in [1.165, 1.54) is 4.90 Å². The summed E-state index contributed by atoms with van der Waals surface area (Å²) in [5, 5.41) is 15.8. The van der Waals surface area contributed by atoms with Crippen LogP contribution in [0.1, 0.15) is 30.5 Å². The van der Waals surface area contributed by atoms with E-state index in [1.54, 1.807) is 0 Å². The van der Waals surface area contributed by atoms with Crippen molar-refractivity contribution in [2.75, 3.05) is 13.1 Å². The summed E-state index contributed by atoms with van der Waals surface area (Å²) in [4.78, 5) is 41.2. The predicted molar refractivity (Wildman–Crippen MR) is 190 cm³/mol. The van der Waals surface area contributed by atoms with Gasteiger partial charge in [0, 0.05) is 13.0 Å². The quantitative estimate of drug-likeness (QED) is 0.125. The molecule has 2 unspecified atom stereocenters. The smallest absolute Gasteiger partial charge is 0.337 e. The molecule has 0 spiro atoms. The number of benzene rings is 5. The molecule has 5 rings (SSSR count). The van der Waals surface area contributed by atoms with Gasteiger partial charge in [0.05, 0.1) is 6.54 Å². The summed E-state index contributed by atoms with van der Waals surface area (Å²) in [7, 11) is 0. The van der Waals surface area contributed by atoms with Crippen LogP contribution < -0.4 is 5.32 Å². The van der Waals surface area contributed by atoms with Crippen LogP contribution in [0.25, 0.3) is 21.9 Å². The SMILES string of the molecule is CC(C)CN(CC(O)C(=O)OCc1ccccc1)C(=O)NC(Cc1ccc(-c2cccc3ccccc23)cc1)C(=O)OCc1ccccc1. The Balaban J connectivity index is 1.30. The lowest BCUT2D eigenvalue weighted by Gasteiger charge is -2.28. The zero-order chi connectivity index (χ0) is 34.6. The average Bonchev–Trinajstić information content (AvgIpc) is 3.13. The van der Waals surface area contributed by atoms with Crippen molar-refractivity contribution in [2.45, 2.75) is 45.6 Å². The highest BCUT2D eigenvalue weighted by molar-refractivity contribution is 5.96. The summed E-state index contributed by atoms with van der Waals surface area (Å²) in [6, 6.07) is 39.1. The Bertz CT molecular complexity index is 1820. The molecule has 0 fully saturated rings. The van der Waals surface area contributed by atoms with E-state index in [1.807, 2.05) is 117 Å². The number of ether oxygens (including phenoxy) is 2. The minimum atomic E-state index is -1.57. The molecular formula is C41H42N2O6. The van der Waals surface area contributed by atoms with E-state index in [-0.39, 0.29) is 38.6 Å². The van der Waals surface area contributed by atoms with Gasteiger partial charge in [-0.05, 0) is 44.5 Å². The van der Waals surface area contributed by atoms with Crippen molar-refractivity contribution in [3.8, 4) is 11.1 Å². The van der Waals surface area contributed by atoms with E-state index in [0.717, 1.165) is 38.6 Å². The number of aliphatic hydroxyl groups is 1. The third-order valence-corrected chi connectivity index (χ3v) is 8.06. The van der Waals surface area contributed by atoms with Gasteiger partial charge < -0.3 is 24.8 Å². The summed E-state index contributed by atoms with van der Waals surface area (Å²) in [5.74, 6) is -1.42. The third-order valence-electron chi connectivity index (χ3n) is 8.06. The number of amides is 2. The van der Waals surface area contributed by atoms with Crippen LogP contribution in [-0.2, 0) is 38.7 Å². The number of aliphatic hydroxyl groups excluding tert-OH is 1. The second-order valence-electron chi connectivity index (χ2n) is 12.4. The van der Waals surface area contributed by atoms with Gasteiger partial charge in [0.1, 0.15) is 19.3 Å². The number of nitrogens with zero attached hydrogens (tertiary/aromatic N) is 1. The summed E-state index contributed by atoms with van der Waals surface area (Å²) in [6.45, 7) is 3.83. The Hall–Kier alpha value is -5.47. The Morgan fingerprint density at radius 3 is 1.86 bits per heavy atom. The molecule has 0 aliphatic carbocycles. The van der Waals surface area contributed by atoms with Crippen LogP contribution in [0.5, 0.6) is 0 Å². The maximum absolute atomic E-state index is 13.7. The molecule has 252 valence electrons. The highest BCUT2D eigenvalue weighted by atomic mass is 16.5. The molecule has 0 aliphatic rings. The first-order chi connectivity index (χ1) is 23.8. The lowest BCUT2D eigenvalue weighted by Crippen LogP contribution is -2.52. The maximum Gasteiger partial charge on any atom is 0.337 e. The summed E-state index contributed by atoms with van der Waals surface area (Å²) in [6.07, 6.45) is -1.40. The highest BCUT2D eigenvalue weighted by Gasteiger charge is 2.29. The van der Waals surface area contributed by atoms with E-state index in [9.17, 15) is 19.5 Å². The minimum absolute atomic E-state index is 0.00171. The number of nitrogens with one attached hydrogen (secondary N) is 1. The molecule has 0 aliphatic heterocycles. The van der Waals surface area contributed by atoms with Gasteiger partial charge in [0.15, 0.2) is 6.10 Å². The van der Waals surface area contributed by atoms with E-state index in [0.29, 0.717) is 0 Å². The van der Waals surface area contributed by atoms with E-state index in [2.05, 4.69) is 29.6 Å². The number of hydrogen-bond acceptors (Lipinski definition) is 6. The van der Waals surface area contributed by atoms with Crippen molar-refractivity contribution in [3.05, 3.63) is 144 Å². The molecule has 5 aromatic carbocycles. The zero-order valence-corrected chi connectivity index (χ0v) is 27.8. The molecule has 0 aromatic heterocycles. The van der Waals surface area contributed by atoms with Crippen molar-refractivity contribution in [3.63, 3.8) is 0 Å². The van der Waals surface area contributed by atoms with Crippen molar-refractivity contribution >= 4 is 28.7 Å². The number of esters is 2. The number of hydrogen-bond donors (Lipinski definition) is 2. The molecule has 0 heterocycles. The van der Waals surface area contributed by atoms with Crippen LogP contribution in [-0.4, -0.2) is 53.2 Å². The van der Waals surface area contributed by atoms with Crippen LogP contribution in [0, 0.1) is 5.92 Å². The van der Waals surface area contributed by atoms with Crippen molar-refractivity contribution in [1.29, 1.82) is 0 Å². The van der Waals surface area contributed by atoms with Crippen LogP contribution in [0.2, 0.25) is 0 Å². The molecule has 8 heteroatoms. The molecule has 2 N–H and O–H groups in total. The average molecular weight is 659 g/mol. The summed E-state index contributed by atoms with van der Waals surface area (Å²) < 4.78 is 11.0. The van der Waals surface area contributed by atoms with Crippen LogP contribution in [0.4, 0.5) is 4.79 Å². The topological polar surface area (TPSA) is 105 Å². The van der Waals surface area contributed by atoms with Crippen molar-refractivity contribution in [1.82, 2.24) is 10.2 Å². The number of urea groups is 1. The normalized spacial score (nSPS) is 12.2. The Morgan fingerprint density at radius 2 is 1.22 bits per heavy atom. The molecule has 2 amide bonds. The van der Waals surface area contributed by atoms with Gasteiger partial charge in [0.25, 0.3) is 0 Å². The van der Waals surface area contributed by atoms with E-state index < -0.39 is 30.1 Å². The largest absolute Gasteiger partial charge is 0.459 e. The van der Waals surface area contributed by atoms with Crippen molar-refractivity contribution in [2.24, 2.45) is 5.92 Å². The standard InChI is InChI=1S/C41H42N2O6/c1-29(2)25-43(26-38(44)40(46)49-28-32-14-7-4-8-15-32)41(47)42-37(39(45)48-27-31-12-5-3-6-13-31)24-30-20-22-34(23-21-30)36-19-11-17-33-16-9-10-18-35(33)36/h3-23,29,37-38,44H,24-28H2,1-2H3,(H,42,47). The highest BCUT2D eigenvalue weighted by Crippen LogP contribution is 2.29. The number of rotatable bonds is 14. The molecule has 0 saturated heterocycles. The summed E-state index contributed by atoms with van der Waals surface area (Å²) in [5.41, 5.74) is 4.55. The molecular weight excluding hydrogens is 616 g/mol. The van der Waals surface area contributed by atoms with Gasteiger partial charge >= 0.3 is 18.0 Å². The molecule has 0 radical (unpaired) electrons. The monoisotopic (exact) mass is 658 g/mol. The first kappa shape index (κ1) is 34.9. The molecule has 5 aromatic rings. The van der Waals surface area contributed by atoms with Gasteiger partial charge in [-0.15, -0.1) is 0 Å². The fraction of sp³-hybridized carbons (Fsp3) is 0.244. The number of fused-ring (bicyclic) bond motifs is 1. The molecule has 8 nitrogen and oxygen atoms in total. The van der Waals surface area contributed by atoms with Gasteiger partial charge in [-0.3, -0.25) is 0 Å². The van der Waals surface area contributed by atoms with Gasteiger partial charge in [-0.2, -0.15) is 0 Å². The molecule has 0 bridgehead atoms. The van der Waals surface area contributed by atoms with Crippen LogP contribution in [0.15, 0.2) is 127 Å². The molecule has 0 saturated carbocycles. The lowest BCUT2D eigenvalue weighted by atomic mass is 9.96. The minimum Gasteiger partial charge on any atom is -0.459 e. The lowest BCUT2D eigenvalue weighted by molar-refractivity contribution is -0.155. The number of carbonyl (C=O) groups is 3. The number of carbonyl (C=O) groups excluding carboxylic acids is 3. The predicted octanol–water partition coefficient (Wildman–Crippen LogP) is 6.93. The summed E-state index contributed by atoms with van der Waals surface area (Å²) >= 11 is 0.